The van der Waals surface area contributed by atoms with Crippen LogP contribution in [0.1, 0.15) is 37.3 Å². The third-order valence-corrected chi connectivity index (χ3v) is 6.69. The van der Waals surface area contributed by atoms with E-state index in [0.29, 0.717) is 37.3 Å². The molecular weight excluding hydrogens is 388 g/mol. The van der Waals surface area contributed by atoms with Crippen LogP contribution >= 0.6 is 0 Å². The van der Waals surface area contributed by atoms with E-state index in [1.807, 2.05) is 0 Å². The molecule has 0 N–H and O–H groups in total. The van der Waals surface area contributed by atoms with Gasteiger partial charge in [0.15, 0.2) is 0 Å². The van der Waals surface area contributed by atoms with Crippen LogP contribution in [-0.2, 0) is 4.79 Å². The van der Waals surface area contributed by atoms with Gasteiger partial charge in [0.2, 0.25) is 5.91 Å². The second-order valence-electron chi connectivity index (χ2n) is 8.91. The molecule has 1 aromatic heterocycles. The molecular formula is C23H21F2N3O2. The predicted molar refractivity (Wildman–Crippen MR) is 105 cm³/mol. The zero-order valence-electron chi connectivity index (χ0n) is 16.4. The zero-order chi connectivity index (χ0) is 20.9. The highest BCUT2D eigenvalue weighted by molar-refractivity contribution is 5.87. The second-order valence-corrected chi connectivity index (χ2v) is 8.91. The van der Waals surface area contributed by atoms with E-state index in [9.17, 15) is 13.6 Å². The lowest BCUT2D eigenvalue weighted by Gasteiger charge is -2.69. The normalized spacial score (nSPS) is 31.4. The van der Waals surface area contributed by atoms with Crippen molar-refractivity contribution >= 4 is 11.7 Å². The van der Waals surface area contributed by atoms with Crippen LogP contribution in [0.15, 0.2) is 42.5 Å². The minimum atomic E-state index is -1.09. The molecule has 5 nitrogen and oxygen atoms in total. The van der Waals surface area contributed by atoms with Crippen LogP contribution in [0.4, 0.5) is 14.6 Å². The molecule has 1 amide bonds. The fraction of sp³-hybridized carbons (Fsp3) is 0.435. The number of hydrogen-bond donors (Lipinski definition) is 0. The first-order valence-electron chi connectivity index (χ1n) is 10.1. The molecule has 0 spiro atoms. The van der Waals surface area contributed by atoms with Crippen molar-refractivity contribution in [2.24, 2.45) is 10.8 Å². The van der Waals surface area contributed by atoms with Gasteiger partial charge in [0.05, 0.1) is 24.6 Å². The number of alkyl halides is 1. The number of halogens is 2. The number of hydrogen-bond acceptors (Lipinski definition) is 3. The Kier molecular flexibility index (Phi) is 4.28. The van der Waals surface area contributed by atoms with Gasteiger partial charge in [-0.1, -0.05) is 29.8 Å². The molecule has 3 saturated carbocycles. The predicted octanol–water partition coefficient (Wildman–Crippen LogP) is 4.63. The number of rotatable bonds is 5. The number of ether oxygens (including phenoxy) is 1. The minimum Gasteiger partial charge on any atom is -0.460 e. The Morgan fingerprint density at radius 3 is 2.77 bits per heavy atom. The van der Waals surface area contributed by atoms with Gasteiger partial charge in [-0.15, -0.1) is 0 Å². The highest BCUT2D eigenvalue weighted by Crippen LogP contribution is 2.74. The van der Waals surface area contributed by atoms with Gasteiger partial charge in [0, 0.05) is 17.9 Å². The zero-order valence-corrected chi connectivity index (χ0v) is 16.4. The fourth-order valence-electron chi connectivity index (χ4n) is 5.50. The Hall–Kier alpha value is -3.01. The maximum Gasteiger partial charge on any atom is 0.309 e. The van der Waals surface area contributed by atoms with E-state index in [2.05, 4.69) is 9.83 Å². The van der Waals surface area contributed by atoms with Gasteiger partial charge in [-0.25, -0.2) is 8.78 Å². The smallest absolute Gasteiger partial charge is 0.309 e. The van der Waals surface area contributed by atoms with E-state index >= 15 is 0 Å². The third kappa shape index (κ3) is 3.02. The van der Waals surface area contributed by atoms with Crippen molar-refractivity contribution in [3.8, 4) is 5.88 Å². The molecule has 154 valence electrons. The molecule has 1 aliphatic heterocycles. The first-order chi connectivity index (χ1) is 14.4. The number of nitrogens with zero attached hydrogens (tertiary/aromatic N) is 3. The summed E-state index contributed by atoms with van der Waals surface area (Å²) >= 11 is 0. The van der Waals surface area contributed by atoms with Gasteiger partial charge in [0.25, 0.3) is 5.82 Å². The van der Waals surface area contributed by atoms with Crippen LogP contribution in [0.3, 0.4) is 0 Å². The van der Waals surface area contributed by atoms with Gasteiger partial charge in [-0.3, -0.25) is 4.79 Å². The third-order valence-electron chi connectivity index (χ3n) is 6.69. The Morgan fingerprint density at radius 1 is 1.27 bits per heavy atom. The Bertz CT molecular complexity index is 1030. The Morgan fingerprint density at radius 2 is 2.03 bits per heavy atom. The number of pyridine rings is 1. The molecule has 4 aliphatic rings. The van der Waals surface area contributed by atoms with E-state index in [1.54, 1.807) is 35.2 Å². The molecule has 2 atom stereocenters. The number of carbonyl (C=O) groups is 1. The standard InChI is InChI=1S/C23H21F2N3O2/c1-26-19-6-3-7-20(27-19)30-14-22-11-23(12-22,13-22)21(29)28-10-17(25)9-18(28)15-4-2-5-16(24)8-15/h2-8,17-18H,9-14H2. The minimum absolute atomic E-state index is 0.0214. The van der Waals surface area contributed by atoms with Crippen molar-refractivity contribution in [2.45, 2.75) is 37.9 Å². The van der Waals surface area contributed by atoms with Crippen molar-refractivity contribution in [3.63, 3.8) is 0 Å². The van der Waals surface area contributed by atoms with Crippen LogP contribution < -0.4 is 4.74 Å². The maximum atomic E-state index is 14.2. The van der Waals surface area contributed by atoms with Crippen molar-refractivity contribution in [2.75, 3.05) is 13.2 Å². The van der Waals surface area contributed by atoms with E-state index in [4.69, 9.17) is 11.3 Å². The fourth-order valence-corrected chi connectivity index (χ4v) is 5.50. The van der Waals surface area contributed by atoms with Crippen LogP contribution in [-0.4, -0.2) is 35.1 Å². The van der Waals surface area contributed by atoms with Crippen molar-refractivity contribution in [1.82, 2.24) is 9.88 Å². The maximum absolute atomic E-state index is 14.2. The van der Waals surface area contributed by atoms with Crippen LogP contribution in [0.2, 0.25) is 0 Å². The van der Waals surface area contributed by atoms with Crippen LogP contribution in [0.5, 0.6) is 5.88 Å². The molecule has 2 heterocycles. The summed E-state index contributed by atoms with van der Waals surface area (Å²) in [5.74, 6) is 0.307. The van der Waals surface area contributed by atoms with E-state index in [0.717, 1.165) is 0 Å². The summed E-state index contributed by atoms with van der Waals surface area (Å²) in [7, 11) is 0. The average Bonchev–Trinajstić information content (AvgIpc) is 3.08. The molecule has 4 fully saturated rings. The van der Waals surface area contributed by atoms with E-state index < -0.39 is 17.6 Å². The monoisotopic (exact) mass is 409 g/mol. The van der Waals surface area contributed by atoms with Crippen LogP contribution in [0, 0.1) is 23.2 Å². The van der Waals surface area contributed by atoms with Crippen LogP contribution in [0.25, 0.3) is 4.85 Å². The van der Waals surface area contributed by atoms with Crippen molar-refractivity contribution < 1.29 is 18.3 Å². The lowest BCUT2D eigenvalue weighted by atomic mass is 9.35. The van der Waals surface area contributed by atoms with Gasteiger partial charge >= 0.3 is 5.88 Å². The van der Waals surface area contributed by atoms with Crippen molar-refractivity contribution in [3.05, 3.63) is 65.3 Å². The molecule has 6 rings (SSSR count). The molecule has 2 bridgehead atoms. The van der Waals surface area contributed by atoms with Gasteiger partial charge in [-0.05, 0) is 43.0 Å². The van der Waals surface area contributed by atoms with Gasteiger partial charge in [0.1, 0.15) is 12.0 Å². The summed E-state index contributed by atoms with van der Waals surface area (Å²) in [6.45, 7) is 7.55. The Balaban J connectivity index is 1.23. The number of benzene rings is 1. The lowest BCUT2D eigenvalue weighted by molar-refractivity contribution is -0.226. The first-order valence-corrected chi connectivity index (χ1v) is 10.1. The molecule has 2 aromatic rings. The summed E-state index contributed by atoms with van der Waals surface area (Å²) in [6.07, 6.45) is 1.26. The van der Waals surface area contributed by atoms with Crippen molar-refractivity contribution in [1.29, 1.82) is 0 Å². The molecule has 0 radical (unpaired) electrons. The molecule has 2 unspecified atom stereocenters. The van der Waals surface area contributed by atoms with Gasteiger partial charge < -0.3 is 14.5 Å². The molecule has 1 aromatic carbocycles. The highest BCUT2D eigenvalue weighted by Gasteiger charge is 2.72. The summed E-state index contributed by atoms with van der Waals surface area (Å²) in [4.78, 5) is 22.3. The summed E-state index contributed by atoms with van der Waals surface area (Å²) in [6, 6.07) is 10.8. The quantitative estimate of drug-likeness (QED) is 0.677. The number of aromatic nitrogens is 1. The molecule has 1 saturated heterocycles. The average molecular weight is 409 g/mol. The Labute approximate surface area is 173 Å². The first kappa shape index (κ1) is 19.0. The molecule has 30 heavy (non-hydrogen) atoms. The summed E-state index contributed by atoms with van der Waals surface area (Å²) < 4.78 is 33.6. The topological polar surface area (TPSA) is 46.8 Å². The summed E-state index contributed by atoms with van der Waals surface area (Å²) in [5.41, 5.74) is 0.165. The number of likely N-dealkylation sites (tertiary alicyclic amines) is 1. The second kappa shape index (κ2) is 6.76. The largest absolute Gasteiger partial charge is 0.460 e. The van der Waals surface area contributed by atoms with E-state index in [-0.39, 0.29) is 35.9 Å². The summed E-state index contributed by atoms with van der Waals surface area (Å²) in [5, 5.41) is 0. The number of amides is 1. The van der Waals surface area contributed by atoms with E-state index in [1.165, 1.54) is 12.1 Å². The molecule has 3 aliphatic carbocycles. The van der Waals surface area contributed by atoms with Gasteiger partial charge in [-0.2, -0.15) is 0 Å². The molecule has 7 heteroatoms. The lowest BCUT2D eigenvalue weighted by Crippen LogP contribution is -2.69. The number of carbonyl (C=O) groups excluding carboxylic acids is 1. The SMILES string of the molecule is [C-]#[N+]c1cccc(OCC23CC(C(=O)N4CC(F)CC4c4cccc(F)c4)(C2)C3)n1. The highest BCUT2D eigenvalue weighted by atomic mass is 19.1.